The summed E-state index contributed by atoms with van der Waals surface area (Å²) >= 11 is 3.36. The van der Waals surface area contributed by atoms with Crippen LogP contribution in [0.5, 0.6) is 5.75 Å². The van der Waals surface area contributed by atoms with Gasteiger partial charge in [-0.05, 0) is 43.7 Å². The third-order valence-corrected chi connectivity index (χ3v) is 5.01. The molecule has 1 aromatic rings. The topological polar surface area (TPSA) is 61.9 Å². The van der Waals surface area contributed by atoms with E-state index in [0.29, 0.717) is 31.9 Å². The summed E-state index contributed by atoms with van der Waals surface area (Å²) in [6.45, 7) is 3.28. The van der Waals surface area contributed by atoms with E-state index in [1.54, 1.807) is 4.90 Å². The first-order valence-electron chi connectivity index (χ1n) is 8.32. The molecule has 0 saturated carbocycles. The molecule has 24 heavy (non-hydrogen) atoms. The average Bonchev–Trinajstić information content (AvgIpc) is 3.15. The molecule has 2 heterocycles. The highest BCUT2D eigenvalue weighted by molar-refractivity contribution is 9.10. The van der Waals surface area contributed by atoms with Gasteiger partial charge in [-0.2, -0.15) is 0 Å². The SMILES string of the molecule is O=C(COc1ccc(Br)cc1)N1CCN(C(=O)C2CCCN2)CC1. The van der Waals surface area contributed by atoms with E-state index in [-0.39, 0.29) is 24.5 Å². The zero-order chi connectivity index (χ0) is 16.9. The Kier molecular flexibility index (Phi) is 5.73. The number of carbonyl (C=O) groups excluding carboxylic acids is 2. The summed E-state index contributed by atoms with van der Waals surface area (Å²) in [6, 6.07) is 7.36. The van der Waals surface area contributed by atoms with E-state index in [4.69, 9.17) is 4.74 Å². The Morgan fingerprint density at radius 3 is 2.42 bits per heavy atom. The summed E-state index contributed by atoms with van der Waals surface area (Å²) in [7, 11) is 0. The van der Waals surface area contributed by atoms with E-state index >= 15 is 0 Å². The fraction of sp³-hybridized carbons (Fsp3) is 0.529. The highest BCUT2D eigenvalue weighted by Gasteiger charge is 2.30. The number of halogens is 1. The molecular weight excluding hydrogens is 374 g/mol. The van der Waals surface area contributed by atoms with Crippen LogP contribution in [0.2, 0.25) is 0 Å². The lowest BCUT2D eigenvalue weighted by Crippen LogP contribution is -2.54. The molecule has 1 N–H and O–H groups in total. The molecule has 7 heteroatoms. The summed E-state index contributed by atoms with van der Waals surface area (Å²) < 4.78 is 6.50. The van der Waals surface area contributed by atoms with Crippen LogP contribution in [0.4, 0.5) is 0 Å². The molecule has 6 nitrogen and oxygen atoms in total. The van der Waals surface area contributed by atoms with Crippen molar-refractivity contribution >= 4 is 27.7 Å². The molecule has 3 rings (SSSR count). The molecule has 2 aliphatic rings. The molecule has 2 saturated heterocycles. The maximum absolute atomic E-state index is 12.3. The van der Waals surface area contributed by atoms with Gasteiger partial charge in [0.25, 0.3) is 5.91 Å². The van der Waals surface area contributed by atoms with Gasteiger partial charge in [-0.25, -0.2) is 0 Å². The molecular formula is C17H22BrN3O3. The molecule has 2 fully saturated rings. The van der Waals surface area contributed by atoms with Gasteiger partial charge < -0.3 is 19.9 Å². The number of carbonyl (C=O) groups is 2. The normalized spacial score (nSPS) is 21.0. The minimum atomic E-state index is -0.0380. The number of nitrogens with zero attached hydrogens (tertiary/aromatic N) is 2. The summed E-state index contributed by atoms with van der Waals surface area (Å²) in [5.41, 5.74) is 0. The number of piperazine rings is 1. The quantitative estimate of drug-likeness (QED) is 0.833. The van der Waals surface area contributed by atoms with Gasteiger partial charge in [0.2, 0.25) is 5.91 Å². The van der Waals surface area contributed by atoms with Gasteiger partial charge in [-0.3, -0.25) is 9.59 Å². The highest BCUT2D eigenvalue weighted by Crippen LogP contribution is 2.16. The zero-order valence-corrected chi connectivity index (χ0v) is 15.1. The Morgan fingerprint density at radius 1 is 1.12 bits per heavy atom. The van der Waals surface area contributed by atoms with E-state index in [0.717, 1.165) is 23.9 Å². The third-order valence-electron chi connectivity index (χ3n) is 4.48. The number of amides is 2. The van der Waals surface area contributed by atoms with Gasteiger partial charge in [-0.15, -0.1) is 0 Å². The third kappa shape index (κ3) is 4.27. The molecule has 1 atom stereocenters. The van der Waals surface area contributed by atoms with Crippen molar-refractivity contribution in [2.75, 3.05) is 39.3 Å². The molecule has 0 radical (unpaired) electrons. The van der Waals surface area contributed by atoms with Crippen molar-refractivity contribution in [2.24, 2.45) is 0 Å². The largest absolute Gasteiger partial charge is 0.484 e. The molecule has 0 spiro atoms. The lowest BCUT2D eigenvalue weighted by Gasteiger charge is -2.35. The van der Waals surface area contributed by atoms with Crippen molar-refractivity contribution in [3.8, 4) is 5.75 Å². The van der Waals surface area contributed by atoms with Crippen molar-refractivity contribution in [1.82, 2.24) is 15.1 Å². The molecule has 0 aliphatic carbocycles. The number of benzene rings is 1. The first-order chi connectivity index (χ1) is 11.6. The van der Waals surface area contributed by atoms with Crippen LogP contribution in [0.3, 0.4) is 0 Å². The number of hydrogen-bond donors (Lipinski definition) is 1. The molecule has 130 valence electrons. The summed E-state index contributed by atoms with van der Waals surface area (Å²) in [5.74, 6) is 0.808. The van der Waals surface area contributed by atoms with Gasteiger partial charge in [-0.1, -0.05) is 15.9 Å². The summed E-state index contributed by atoms with van der Waals surface area (Å²) in [6.07, 6.45) is 1.97. The zero-order valence-electron chi connectivity index (χ0n) is 13.5. The lowest BCUT2D eigenvalue weighted by atomic mass is 10.2. The second-order valence-corrected chi connectivity index (χ2v) is 7.01. The van der Waals surface area contributed by atoms with Crippen LogP contribution in [0.15, 0.2) is 28.7 Å². The van der Waals surface area contributed by atoms with E-state index in [9.17, 15) is 9.59 Å². The molecule has 2 amide bonds. The van der Waals surface area contributed by atoms with Crippen molar-refractivity contribution in [3.63, 3.8) is 0 Å². The number of ether oxygens (including phenoxy) is 1. The standard InChI is InChI=1S/C17H22BrN3O3/c18-13-3-5-14(6-4-13)24-12-16(22)20-8-10-21(11-9-20)17(23)15-2-1-7-19-15/h3-6,15,19H,1-2,7-12H2. The lowest BCUT2D eigenvalue weighted by molar-refractivity contribution is -0.141. The molecule has 2 aliphatic heterocycles. The maximum Gasteiger partial charge on any atom is 0.260 e. The Morgan fingerprint density at radius 2 is 1.79 bits per heavy atom. The predicted octanol–water partition coefficient (Wildman–Crippen LogP) is 1.25. The van der Waals surface area contributed by atoms with Crippen LogP contribution in [0, 0.1) is 0 Å². The molecule has 1 aromatic carbocycles. The van der Waals surface area contributed by atoms with Crippen LogP contribution in [-0.4, -0.2) is 67.0 Å². The Hall–Kier alpha value is -1.60. The highest BCUT2D eigenvalue weighted by atomic mass is 79.9. The van der Waals surface area contributed by atoms with Crippen LogP contribution < -0.4 is 10.1 Å². The first-order valence-corrected chi connectivity index (χ1v) is 9.11. The second-order valence-electron chi connectivity index (χ2n) is 6.10. The van der Waals surface area contributed by atoms with Crippen molar-refractivity contribution in [3.05, 3.63) is 28.7 Å². The smallest absolute Gasteiger partial charge is 0.260 e. The number of nitrogens with one attached hydrogen (secondary N) is 1. The van der Waals surface area contributed by atoms with Gasteiger partial charge in [0.05, 0.1) is 6.04 Å². The van der Waals surface area contributed by atoms with Gasteiger partial charge >= 0.3 is 0 Å². The molecule has 0 aromatic heterocycles. The van der Waals surface area contributed by atoms with Crippen LogP contribution in [0.1, 0.15) is 12.8 Å². The fourth-order valence-electron chi connectivity index (χ4n) is 3.06. The average molecular weight is 396 g/mol. The number of hydrogen-bond acceptors (Lipinski definition) is 4. The fourth-order valence-corrected chi connectivity index (χ4v) is 3.32. The minimum Gasteiger partial charge on any atom is -0.484 e. The monoisotopic (exact) mass is 395 g/mol. The second kappa shape index (κ2) is 7.98. The summed E-state index contributed by atoms with van der Waals surface area (Å²) in [5, 5.41) is 3.23. The van der Waals surface area contributed by atoms with Gasteiger partial charge in [0.1, 0.15) is 5.75 Å². The Balaban J connectivity index is 1.43. The number of rotatable bonds is 4. The minimum absolute atomic E-state index is 0.0275. The van der Waals surface area contributed by atoms with E-state index in [1.165, 1.54) is 0 Å². The van der Waals surface area contributed by atoms with Crippen LogP contribution in [0.25, 0.3) is 0 Å². The van der Waals surface area contributed by atoms with E-state index in [1.807, 2.05) is 29.2 Å². The first kappa shape index (κ1) is 17.2. The summed E-state index contributed by atoms with van der Waals surface area (Å²) in [4.78, 5) is 28.2. The Labute approximate surface area is 150 Å². The Bertz CT molecular complexity index is 579. The molecule has 0 bridgehead atoms. The molecule has 1 unspecified atom stereocenters. The van der Waals surface area contributed by atoms with Crippen LogP contribution in [-0.2, 0) is 9.59 Å². The van der Waals surface area contributed by atoms with Crippen molar-refractivity contribution in [1.29, 1.82) is 0 Å². The van der Waals surface area contributed by atoms with Gasteiger partial charge in [0.15, 0.2) is 6.61 Å². The maximum atomic E-state index is 12.3. The van der Waals surface area contributed by atoms with Crippen molar-refractivity contribution < 1.29 is 14.3 Å². The van der Waals surface area contributed by atoms with E-state index in [2.05, 4.69) is 21.2 Å². The van der Waals surface area contributed by atoms with Gasteiger partial charge in [0, 0.05) is 30.7 Å². The van der Waals surface area contributed by atoms with Crippen molar-refractivity contribution in [2.45, 2.75) is 18.9 Å². The predicted molar refractivity (Wildman–Crippen MR) is 93.8 cm³/mol. The van der Waals surface area contributed by atoms with E-state index < -0.39 is 0 Å². The van der Waals surface area contributed by atoms with Crippen LogP contribution >= 0.6 is 15.9 Å².